The zero-order valence-electron chi connectivity index (χ0n) is 14.3. The molecule has 1 aromatic rings. The molecule has 2 saturated heterocycles. The van der Waals surface area contributed by atoms with E-state index >= 15 is 0 Å². The van der Waals surface area contributed by atoms with E-state index in [1.54, 1.807) is 0 Å². The van der Waals surface area contributed by atoms with Crippen LogP contribution in [-0.4, -0.2) is 59.7 Å². The van der Waals surface area contributed by atoms with Crippen molar-refractivity contribution < 1.29 is 4.74 Å². The van der Waals surface area contributed by atoms with Crippen LogP contribution < -0.4 is 0 Å². The Balaban J connectivity index is 1.28. The SMILES string of the molecule is CN(Cc1cccnc1)[C@H]1COC2(CCN(CC3CC3)CC2)C1. The topological polar surface area (TPSA) is 28.6 Å². The number of aromatic nitrogens is 1. The van der Waals surface area contributed by atoms with Gasteiger partial charge in [-0.2, -0.15) is 0 Å². The van der Waals surface area contributed by atoms with Gasteiger partial charge in [0, 0.05) is 44.6 Å². The van der Waals surface area contributed by atoms with E-state index in [2.05, 4.69) is 27.9 Å². The maximum Gasteiger partial charge on any atom is 0.0723 e. The summed E-state index contributed by atoms with van der Waals surface area (Å²) in [5.74, 6) is 1.01. The number of hydrogen-bond acceptors (Lipinski definition) is 4. The van der Waals surface area contributed by atoms with Gasteiger partial charge in [-0.15, -0.1) is 0 Å². The quantitative estimate of drug-likeness (QED) is 0.835. The van der Waals surface area contributed by atoms with Crippen molar-refractivity contribution in [2.24, 2.45) is 5.92 Å². The first-order chi connectivity index (χ1) is 11.2. The predicted molar refractivity (Wildman–Crippen MR) is 91.2 cm³/mol. The van der Waals surface area contributed by atoms with Crippen molar-refractivity contribution in [3.8, 4) is 0 Å². The van der Waals surface area contributed by atoms with E-state index in [4.69, 9.17) is 4.74 Å². The third kappa shape index (κ3) is 3.76. The van der Waals surface area contributed by atoms with Gasteiger partial charge in [0.25, 0.3) is 0 Å². The van der Waals surface area contributed by atoms with E-state index in [0.29, 0.717) is 6.04 Å². The summed E-state index contributed by atoms with van der Waals surface area (Å²) in [4.78, 5) is 9.33. The standard InChI is InChI=1S/C19H29N3O/c1-21(13-17-3-2-8-20-12-17)18-11-19(23-15-18)6-9-22(10-7-19)14-16-4-5-16/h2-3,8,12,16,18H,4-7,9-11,13-15H2,1H3/t18-/m1/s1. The highest BCUT2D eigenvalue weighted by Gasteiger charge is 2.44. The molecule has 126 valence electrons. The molecular formula is C19H29N3O. The summed E-state index contributed by atoms with van der Waals surface area (Å²) in [5, 5.41) is 0. The number of ether oxygens (including phenoxy) is 1. The molecule has 1 atom stereocenters. The molecule has 0 aromatic carbocycles. The third-order valence-electron chi connectivity index (χ3n) is 5.95. The number of piperidine rings is 1. The van der Waals surface area contributed by atoms with E-state index in [-0.39, 0.29) is 5.60 Å². The fourth-order valence-electron chi connectivity index (χ4n) is 4.17. The molecular weight excluding hydrogens is 286 g/mol. The van der Waals surface area contributed by atoms with Crippen LogP contribution in [0.3, 0.4) is 0 Å². The van der Waals surface area contributed by atoms with Crippen LogP contribution in [0.15, 0.2) is 24.5 Å². The van der Waals surface area contributed by atoms with Crippen molar-refractivity contribution in [3.05, 3.63) is 30.1 Å². The highest BCUT2D eigenvalue weighted by Crippen LogP contribution is 2.39. The van der Waals surface area contributed by atoms with E-state index in [1.807, 2.05) is 18.5 Å². The van der Waals surface area contributed by atoms with Crippen molar-refractivity contribution in [1.82, 2.24) is 14.8 Å². The van der Waals surface area contributed by atoms with Crippen LogP contribution in [0.2, 0.25) is 0 Å². The molecule has 4 rings (SSSR count). The predicted octanol–water partition coefficient (Wildman–Crippen LogP) is 2.55. The Morgan fingerprint density at radius 2 is 2.17 bits per heavy atom. The van der Waals surface area contributed by atoms with Crippen LogP contribution >= 0.6 is 0 Å². The largest absolute Gasteiger partial charge is 0.373 e. The summed E-state index contributed by atoms with van der Waals surface area (Å²) in [5.41, 5.74) is 1.45. The molecule has 4 heteroatoms. The Bertz CT molecular complexity index is 509. The molecule has 3 heterocycles. The van der Waals surface area contributed by atoms with Crippen molar-refractivity contribution in [2.45, 2.75) is 50.3 Å². The lowest BCUT2D eigenvalue weighted by atomic mass is 9.87. The second-order valence-electron chi connectivity index (χ2n) is 7.87. The fraction of sp³-hybridized carbons (Fsp3) is 0.737. The molecule has 4 nitrogen and oxygen atoms in total. The average molecular weight is 315 g/mol. The van der Waals surface area contributed by atoms with Gasteiger partial charge < -0.3 is 9.64 Å². The molecule has 0 N–H and O–H groups in total. The van der Waals surface area contributed by atoms with Crippen LogP contribution in [0, 0.1) is 5.92 Å². The molecule has 0 radical (unpaired) electrons. The molecule has 0 unspecified atom stereocenters. The van der Waals surface area contributed by atoms with E-state index in [9.17, 15) is 0 Å². The molecule has 3 aliphatic rings. The normalized spacial score (nSPS) is 27.8. The summed E-state index contributed by atoms with van der Waals surface area (Å²) in [7, 11) is 2.22. The van der Waals surface area contributed by atoms with Gasteiger partial charge in [0.1, 0.15) is 0 Å². The Kier molecular flexibility index (Phi) is 4.39. The number of rotatable bonds is 5. The smallest absolute Gasteiger partial charge is 0.0723 e. The van der Waals surface area contributed by atoms with Gasteiger partial charge in [-0.3, -0.25) is 9.88 Å². The maximum absolute atomic E-state index is 6.34. The summed E-state index contributed by atoms with van der Waals surface area (Å²) < 4.78 is 6.34. The molecule has 0 amide bonds. The maximum atomic E-state index is 6.34. The summed E-state index contributed by atoms with van der Waals surface area (Å²) in [6, 6.07) is 4.72. The highest BCUT2D eigenvalue weighted by atomic mass is 16.5. The Morgan fingerprint density at radius 3 is 2.87 bits per heavy atom. The monoisotopic (exact) mass is 315 g/mol. The Labute approximate surface area is 139 Å². The first-order valence-corrected chi connectivity index (χ1v) is 9.18. The lowest BCUT2D eigenvalue weighted by Gasteiger charge is -2.39. The zero-order chi connectivity index (χ0) is 15.7. The molecule has 1 aliphatic carbocycles. The molecule has 3 fully saturated rings. The number of nitrogens with zero attached hydrogens (tertiary/aromatic N) is 3. The van der Waals surface area contributed by atoms with Crippen LogP contribution in [-0.2, 0) is 11.3 Å². The summed E-state index contributed by atoms with van der Waals surface area (Å²) >= 11 is 0. The number of hydrogen-bond donors (Lipinski definition) is 0. The number of likely N-dealkylation sites (N-methyl/N-ethyl adjacent to an activating group) is 1. The molecule has 1 spiro atoms. The van der Waals surface area contributed by atoms with Crippen molar-refractivity contribution in [2.75, 3.05) is 33.3 Å². The fourth-order valence-corrected chi connectivity index (χ4v) is 4.17. The van der Waals surface area contributed by atoms with Crippen LogP contribution in [0.5, 0.6) is 0 Å². The van der Waals surface area contributed by atoms with Gasteiger partial charge in [0.2, 0.25) is 0 Å². The summed E-state index contributed by atoms with van der Waals surface area (Å²) in [6.45, 7) is 5.65. The van der Waals surface area contributed by atoms with Crippen LogP contribution in [0.1, 0.15) is 37.7 Å². The first-order valence-electron chi connectivity index (χ1n) is 9.18. The minimum Gasteiger partial charge on any atom is -0.373 e. The van der Waals surface area contributed by atoms with Crippen LogP contribution in [0.4, 0.5) is 0 Å². The van der Waals surface area contributed by atoms with Crippen molar-refractivity contribution in [3.63, 3.8) is 0 Å². The minimum absolute atomic E-state index is 0.161. The third-order valence-corrected chi connectivity index (χ3v) is 5.95. The van der Waals surface area contributed by atoms with Gasteiger partial charge in [-0.25, -0.2) is 0 Å². The highest BCUT2D eigenvalue weighted by molar-refractivity contribution is 5.08. The molecule has 0 bridgehead atoms. The zero-order valence-corrected chi connectivity index (χ0v) is 14.3. The Hall–Kier alpha value is -0.970. The minimum atomic E-state index is 0.161. The average Bonchev–Trinajstić information content (AvgIpc) is 3.30. The molecule has 1 aromatic heterocycles. The van der Waals surface area contributed by atoms with Gasteiger partial charge in [-0.1, -0.05) is 6.07 Å². The second-order valence-corrected chi connectivity index (χ2v) is 7.87. The molecule has 23 heavy (non-hydrogen) atoms. The number of likely N-dealkylation sites (tertiary alicyclic amines) is 1. The van der Waals surface area contributed by atoms with Gasteiger partial charge in [0.05, 0.1) is 12.2 Å². The molecule has 1 saturated carbocycles. The van der Waals surface area contributed by atoms with Crippen LogP contribution in [0.25, 0.3) is 0 Å². The summed E-state index contributed by atoms with van der Waals surface area (Å²) in [6.07, 6.45) is 10.4. The van der Waals surface area contributed by atoms with Gasteiger partial charge in [0.15, 0.2) is 0 Å². The lowest BCUT2D eigenvalue weighted by Crippen LogP contribution is -2.45. The van der Waals surface area contributed by atoms with Gasteiger partial charge in [-0.05, 0) is 56.7 Å². The van der Waals surface area contributed by atoms with Gasteiger partial charge >= 0.3 is 0 Å². The number of pyridine rings is 1. The van der Waals surface area contributed by atoms with Crippen molar-refractivity contribution >= 4 is 0 Å². The van der Waals surface area contributed by atoms with Crippen molar-refractivity contribution in [1.29, 1.82) is 0 Å². The Morgan fingerprint density at radius 1 is 1.35 bits per heavy atom. The lowest BCUT2D eigenvalue weighted by molar-refractivity contribution is -0.0444. The molecule has 2 aliphatic heterocycles. The second kappa shape index (κ2) is 6.50. The van der Waals surface area contributed by atoms with E-state index < -0.39 is 0 Å². The van der Waals surface area contributed by atoms with E-state index in [0.717, 1.165) is 19.1 Å². The first kappa shape index (κ1) is 15.6. The van der Waals surface area contributed by atoms with E-state index in [1.165, 1.54) is 57.3 Å².